The van der Waals surface area contributed by atoms with Crippen molar-refractivity contribution >= 4 is 0 Å². The SMILES string of the molecule is CCOc1ccccc1CNCC(c1ccc(OC)cc1)N1CCOCC1. The number of nitrogens with one attached hydrogen (secondary N) is 1. The molecule has 27 heavy (non-hydrogen) atoms. The Bertz CT molecular complexity index is 684. The van der Waals surface area contributed by atoms with Gasteiger partial charge in [-0.2, -0.15) is 0 Å². The highest BCUT2D eigenvalue weighted by atomic mass is 16.5. The van der Waals surface area contributed by atoms with Crippen LogP contribution in [0.25, 0.3) is 0 Å². The molecular weight excluding hydrogens is 340 g/mol. The predicted molar refractivity (Wildman–Crippen MR) is 107 cm³/mol. The van der Waals surface area contributed by atoms with Crippen LogP contribution >= 0.6 is 0 Å². The molecule has 1 N–H and O–H groups in total. The van der Waals surface area contributed by atoms with Gasteiger partial charge in [0.1, 0.15) is 11.5 Å². The number of morpholine rings is 1. The minimum atomic E-state index is 0.305. The Balaban J connectivity index is 1.67. The lowest BCUT2D eigenvalue weighted by Crippen LogP contribution is -2.42. The zero-order valence-electron chi connectivity index (χ0n) is 16.3. The fourth-order valence-corrected chi connectivity index (χ4v) is 3.46. The zero-order chi connectivity index (χ0) is 18.9. The third-order valence-electron chi connectivity index (χ3n) is 4.91. The van der Waals surface area contributed by atoms with Gasteiger partial charge in [-0.3, -0.25) is 4.90 Å². The molecule has 1 saturated heterocycles. The third-order valence-corrected chi connectivity index (χ3v) is 4.91. The molecule has 0 radical (unpaired) electrons. The van der Waals surface area contributed by atoms with Crippen molar-refractivity contribution in [3.63, 3.8) is 0 Å². The summed E-state index contributed by atoms with van der Waals surface area (Å²) >= 11 is 0. The average molecular weight is 370 g/mol. The molecule has 3 rings (SSSR count). The predicted octanol–water partition coefficient (Wildman–Crippen LogP) is 3.26. The van der Waals surface area contributed by atoms with Gasteiger partial charge in [0.15, 0.2) is 0 Å². The van der Waals surface area contributed by atoms with E-state index in [1.165, 1.54) is 11.1 Å². The normalized spacial score (nSPS) is 16.1. The Labute approximate surface area is 162 Å². The summed E-state index contributed by atoms with van der Waals surface area (Å²) in [5.41, 5.74) is 2.48. The minimum absolute atomic E-state index is 0.305. The molecule has 1 aliphatic heterocycles. The van der Waals surface area contributed by atoms with Crippen LogP contribution in [0.5, 0.6) is 11.5 Å². The van der Waals surface area contributed by atoms with Crippen LogP contribution in [0, 0.1) is 0 Å². The Morgan fingerprint density at radius 2 is 1.81 bits per heavy atom. The van der Waals surface area contributed by atoms with Crippen molar-refractivity contribution < 1.29 is 14.2 Å². The second-order valence-corrected chi connectivity index (χ2v) is 6.61. The van der Waals surface area contributed by atoms with Crippen molar-refractivity contribution in [3.05, 3.63) is 59.7 Å². The molecule has 0 aromatic heterocycles. The quantitative estimate of drug-likeness (QED) is 0.734. The molecule has 146 valence electrons. The number of rotatable bonds is 9. The Kier molecular flexibility index (Phi) is 7.51. The summed E-state index contributed by atoms with van der Waals surface area (Å²) in [6.07, 6.45) is 0. The first-order chi connectivity index (χ1) is 13.3. The van der Waals surface area contributed by atoms with Gasteiger partial charge in [-0.15, -0.1) is 0 Å². The maximum atomic E-state index is 5.74. The standard InChI is InChI=1S/C22H30N2O3/c1-3-27-22-7-5-4-6-19(22)16-23-17-21(24-12-14-26-15-13-24)18-8-10-20(25-2)11-9-18/h4-11,21,23H,3,12-17H2,1-2H3. The van der Waals surface area contributed by atoms with E-state index in [0.29, 0.717) is 12.6 Å². The number of ether oxygens (including phenoxy) is 3. The van der Waals surface area contributed by atoms with E-state index in [2.05, 4.69) is 34.5 Å². The molecule has 2 aromatic carbocycles. The molecule has 0 spiro atoms. The fraction of sp³-hybridized carbons (Fsp3) is 0.455. The van der Waals surface area contributed by atoms with Gasteiger partial charge in [0.2, 0.25) is 0 Å². The van der Waals surface area contributed by atoms with Crippen LogP contribution < -0.4 is 14.8 Å². The molecular formula is C22H30N2O3. The van der Waals surface area contributed by atoms with E-state index in [9.17, 15) is 0 Å². The van der Waals surface area contributed by atoms with Crippen LogP contribution in [0.2, 0.25) is 0 Å². The van der Waals surface area contributed by atoms with Crippen LogP contribution in [-0.4, -0.2) is 51.5 Å². The van der Waals surface area contributed by atoms with Gasteiger partial charge < -0.3 is 19.5 Å². The summed E-state index contributed by atoms with van der Waals surface area (Å²) in [7, 11) is 1.70. The lowest BCUT2D eigenvalue weighted by Gasteiger charge is -2.35. The van der Waals surface area contributed by atoms with Crippen molar-refractivity contribution in [3.8, 4) is 11.5 Å². The van der Waals surface area contributed by atoms with Gasteiger partial charge in [-0.05, 0) is 30.7 Å². The third kappa shape index (κ3) is 5.45. The zero-order valence-corrected chi connectivity index (χ0v) is 16.3. The molecule has 0 aliphatic carbocycles. The fourth-order valence-electron chi connectivity index (χ4n) is 3.46. The van der Waals surface area contributed by atoms with Crippen molar-refractivity contribution in [2.45, 2.75) is 19.5 Å². The van der Waals surface area contributed by atoms with Crippen molar-refractivity contribution in [1.82, 2.24) is 10.2 Å². The van der Waals surface area contributed by atoms with Gasteiger partial charge in [0, 0.05) is 37.8 Å². The molecule has 1 atom stereocenters. The highest BCUT2D eigenvalue weighted by Crippen LogP contribution is 2.24. The van der Waals surface area contributed by atoms with Crippen molar-refractivity contribution in [2.24, 2.45) is 0 Å². The molecule has 1 unspecified atom stereocenters. The molecule has 1 heterocycles. The van der Waals surface area contributed by atoms with E-state index in [0.717, 1.165) is 50.9 Å². The number of methoxy groups -OCH3 is 1. The number of nitrogens with zero attached hydrogens (tertiary/aromatic N) is 1. The molecule has 1 aliphatic rings. The number of para-hydroxylation sites is 1. The van der Waals surface area contributed by atoms with Gasteiger partial charge >= 0.3 is 0 Å². The molecule has 0 amide bonds. The van der Waals surface area contributed by atoms with Crippen molar-refractivity contribution in [1.29, 1.82) is 0 Å². The first-order valence-corrected chi connectivity index (χ1v) is 9.69. The number of hydrogen-bond acceptors (Lipinski definition) is 5. The van der Waals surface area contributed by atoms with E-state index in [-0.39, 0.29) is 0 Å². The highest BCUT2D eigenvalue weighted by Gasteiger charge is 2.22. The lowest BCUT2D eigenvalue weighted by molar-refractivity contribution is 0.0161. The summed E-state index contributed by atoms with van der Waals surface area (Å²) in [5.74, 6) is 1.85. The summed E-state index contributed by atoms with van der Waals surface area (Å²) in [6, 6.07) is 16.9. The number of hydrogen-bond donors (Lipinski definition) is 1. The monoisotopic (exact) mass is 370 g/mol. The van der Waals surface area contributed by atoms with Crippen molar-refractivity contribution in [2.75, 3.05) is 46.6 Å². The highest BCUT2D eigenvalue weighted by molar-refractivity contribution is 5.33. The second-order valence-electron chi connectivity index (χ2n) is 6.61. The Morgan fingerprint density at radius 1 is 1.07 bits per heavy atom. The van der Waals surface area contributed by atoms with E-state index < -0.39 is 0 Å². The number of benzene rings is 2. The van der Waals surface area contributed by atoms with E-state index in [1.807, 2.05) is 31.2 Å². The molecule has 0 bridgehead atoms. The van der Waals surface area contributed by atoms with Crippen LogP contribution in [0.3, 0.4) is 0 Å². The first-order valence-electron chi connectivity index (χ1n) is 9.69. The van der Waals surface area contributed by atoms with Crippen LogP contribution in [0.4, 0.5) is 0 Å². The minimum Gasteiger partial charge on any atom is -0.497 e. The van der Waals surface area contributed by atoms with Gasteiger partial charge in [-0.25, -0.2) is 0 Å². The lowest BCUT2D eigenvalue weighted by atomic mass is 10.0. The van der Waals surface area contributed by atoms with E-state index in [1.54, 1.807) is 7.11 Å². The molecule has 1 fully saturated rings. The van der Waals surface area contributed by atoms with Crippen LogP contribution in [-0.2, 0) is 11.3 Å². The van der Waals surface area contributed by atoms with E-state index >= 15 is 0 Å². The molecule has 5 nitrogen and oxygen atoms in total. The topological polar surface area (TPSA) is 43.0 Å². The Morgan fingerprint density at radius 3 is 2.52 bits per heavy atom. The van der Waals surface area contributed by atoms with Gasteiger partial charge in [0.05, 0.1) is 26.9 Å². The first kappa shape index (κ1) is 19.7. The summed E-state index contributed by atoms with van der Waals surface area (Å²) < 4.78 is 16.6. The molecule has 0 saturated carbocycles. The largest absolute Gasteiger partial charge is 0.497 e. The van der Waals surface area contributed by atoms with Gasteiger partial charge in [0.25, 0.3) is 0 Å². The summed E-state index contributed by atoms with van der Waals surface area (Å²) in [6.45, 7) is 7.84. The van der Waals surface area contributed by atoms with E-state index in [4.69, 9.17) is 14.2 Å². The average Bonchev–Trinajstić information content (AvgIpc) is 2.73. The van der Waals surface area contributed by atoms with Crippen LogP contribution in [0.1, 0.15) is 24.1 Å². The second kappa shape index (κ2) is 10.3. The van der Waals surface area contributed by atoms with Gasteiger partial charge in [-0.1, -0.05) is 30.3 Å². The summed E-state index contributed by atoms with van der Waals surface area (Å²) in [5, 5.41) is 3.63. The maximum Gasteiger partial charge on any atom is 0.123 e. The molecule has 5 heteroatoms. The Hall–Kier alpha value is -2.08. The van der Waals surface area contributed by atoms with Crippen LogP contribution in [0.15, 0.2) is 48.5 Å². The molecule has 2 aromatic rings. The maximum absolute atomic E-state index is 5.74. The summed E-state index contributed by atoms with van der Waals surface area (Å²) in [4.78, 5) is 2.49. The smallest absolute Gasteiger partial charge is 0.123 e.